The first-order chi connectivity index (χ1) is 13.3. The molecule has 0 saturated heterocycles. The van der Waals surface area contributed by atoms with Crippen molar-refractivity contribution in [3.63, 3.8) is 0 Å². The van der Waals surface area contributed by atoms with E-state index in [1.165, 1.54) is 5.69 Å². The zero-order chi connectivity index (χ0) is 20.7. The molecule has 0 amide bonds. The second-order valence-electron chi connectivity index (χ2n) is 7.24. The Morgan fingerprint density at radius 2 is 1.68 bits per heavy atom. The highest BCUT2D eigenvalue weighted by molar-refractivity contribution is 5.69. The molecule has 0 radical (unpaired) electrons. The SMILES string of the molecule is C=C(/C=C/C(C)=C/C(C)C(=C)c1ccc(N(C)C)cc1)Nc1ccccc1N. The zero-order valence-corrected chi connectivity index (χ0v) is 17.4. The molecule has 0 aromatic heterocycles. The van der Waals surface area contributed by atoms with E-state index in [4.69, 9.17) is 5.73 Å². The molecular weight excluding hydrogens is 342 g/mol. The fourth-order valence-corrected chi connectivity index (χ4v) is 2.84. The third-order valence-corrected chi connectivity index (χ3v) is 4.62. The number of para-hydroxylation sites is 2. The van der Waals surface area contributed by atoms with Crippen molar-refractivity contribution in [2.45, 2.75) is 13.8 Å². The summed E-state index contributed by atoms with van der Waals surface area (Å²) in [4.78, 5) is 2.09. The van der Waals surface area contributed by atoms with Crippen LogP contribution in [0.4, 0.5) is 17.1 Å². The zero-order valence-electron chi connectivity index (χ0n) is 17.4. The first-order valence-corrected chi connectivity index (χ1v) is 9.41. The van der Waals surface area contributed by atoms with Crippen LogP contribution in [-0.2, 0) is 0 Å². The minimum atomic E-state index is 0.237. The predicted molar refractivity (Wildman–Crippen MR) is 125 cm³/mol. The number of anilines is 3. The molecule has 0 aliphatic carbocycles. The minimum Gasteiger partial charge on any atom is -0.397 e. The summed E-state index contributed by atoms with van der Waals surface area (Å²) >= 11 is 0. The summed E-state index contributed by atoms with van der Waals surface area (Å²) in [6, 6.07) is 16.1. The Labute approximate surface area is 169 Å². The molecule has 0 heterocycles. The van der Waals surface area contributed by atoms with Crippen molar-refractivity contribution in [3.8, 4) is 0 Å². The molecule has 3 heteroatoms. The van der Waals surface area contributed by atoms with Gasteiger partial charge in [-0.1, -0.05) is 62.1 Å². The molecule has 28 heavy (non-hydrogen) atoms. The summed E-state index contributed by atoms with van der Waals surface area (Å²) in [6.07, 6.45) is 6.22. The van der Waals surface area contributed by atoms with Gasteiger partial charge in [-0.25, -0.2) is 0 Å². The Kier molecular flexibility index (Phi) is 7.28. The summed E-state index contributed by atoms with van der Waals surface area (Å²) in [5.74, 6) is 0.237. The van der Waals surface area contributed by atoms with Crippen LogP contribution in [0.25, 0.3) is 5.57 Å². The van der Waals surface area contributed by atoms with Crippen molar-refractivity contribution in [3.05, 3.63) is 96.8 Å². The molecule has 3 nitrogen and oxygen atoms in total. The molecule has 0 spiro atoms. The Balaban J connectivity index is 1.99. The van der Waals surface area contributed by atoms with Crippen molar-refractivity contribution < 1.29 is 0 Å². The summed E-state index contributed by atoms with van der Waals surface area (Å²) in [6.45, 7) is 12.6. The van der Waals surface area contributed by atoms with Gasteiger partial charge >= 0.3 is 0 Å². The largest absolute Gasteiger partial charge is 0.397 e. The van der Waals surface area contributed by atoms with Crippen molar-refractivity contribution in [1.82, 2.24) is 0 Å². The van der Waals surface area contributed by atoms with Gasteiger partial charge in [0.1, 0.15) is 0 Å². The average molecular weight is 374 g/mol. The van der Waals surface area contributed by atoms with Gasteiger partial charge in [-0.05, 0) is 54.3 Å². The standard InChI is InChI=1S/C25H31N3/c1-18(11-12-20(3)27-25-10-8-7-9-24(25)26)17-19(2)21(4)22-13-15-23(16-14-22)28(5)6/h7-17,19,27H,3-4,26H2,1-2,5-6H3/b12-11+,18-17+. The third kappa shape index (κ3) is 5.92. The second kappa shape index (κ2) is 9.65. The highest BCUT2D eigenvalue weighted by Gasteiger charge is 2.07. The van der Waals surface area contributed by atoms with Crippen molar-refractivity contribution >= 4 is 22.6 Å². The molecule has 0 fully saturated rings. The van der Waals surface area contributed by atoms with Crippen LogP contribution in [-0.4, -0.2) is 14.1 Å². The third-order valence-electron chi connectivity index (χ3n) is 4.62. The molecule has 0 aliphatic rings. The number of hydrogen-bond acceptors (Lipinski definition) is 3. The molecule has 2 aromatic carbocycles. The Morgan fingerprint density at radius 3 is 2.29 bits per heavy atom. The van der Waals surface area contributed by atoms with E-state index >= 15 is 0 Å². The smallest absolute Gasteiger partial charge is 0.0617 e. The molecule has 2 rings (SSSR count). The first-order valence-electron chi connectivity index (χ1n) is 9.41. The highest BCUT2D eigenvalue weighted by Crippen LogP contribution is 2.25. The number of benzene rings is 2. The molecular formula is C25H31N3. The van der Waals surface area contributed by atoms with Crippen molar-refractivity contribution in [1.29, 1.82) is 0 Å². The fourth-order valence-electron chi connectivity index (χ4n) is 2.84. The average Bonchev–Trinajstić information content (AvgIpc) is 2.67. The lowest BCUT2D eigenvalue weighted by Crippen LogP contribution is -2.08. The molecule has 146 valence electrons. The van der Waals surface area contributed by atoms with E-state index < -0.39 is 0 Å². The summed E-state index contributed by atoms with van der Waals surface area (Å²) in [5.41, 5.74) is 12.9. The number of nitrogens with zero attached hydrogens (tertiary/aromatic N) is 1. The molecule has 0 bridgehead atoms. The Hall–Kier alpha value is -3.20. The molecule has 0 saturated carbocycles. The van der Waals surface area contributed by atoms with Gasteiger partial charge in [0.05, 0.1) is 11.4 Å². The van der Waals surface area contributed by atoms with Gasteiger partial charge in [-0.3, -0.25) is 0 Å². The number of hydrogen-bond donors (Lipinski definition) is 2. The number of rotatable bonds is 8. The molecule has 0 aliphatic heterocycles. The number of nitrogens with two attached hydrogens (primary N) is 1. The fraction of sp³-hybridized carbons (Fsp3) is 0.200. The number of nitrogen functional groups attached to an aromatic ring is 1. The normalized spacial score (nSPS) is 12.6. The lowest BCUT2D eigenvalue weighted by atomic mass is 9.93. The van der Waals surface area contributed by atoms with Crippen molar-refractivity contribution in [2.75, 3.05) is 30.0 Å². The van der Waals surface area contributed by atoms with Crippen LogP contribution in [0.5, 0.6) is 0 Å². The van der Waals surface area contributed by atoms with Gasteiger partial charge in [-0.15, -0.1) is 0 Å². The predicted octanol–water partition coefficient (Wildman–Crippen LogP) is 6.11. The van der Waals surface area contributed by atoms with Crippen LogP contribution in [0.1, 0.15) is 19.4 Å². The van der Waals surface area contributed by atoms with E-state index in [9.17, 15) is 0 Å². The number of nitrogens with one attached hydrogen (secondary N) is 1. The van der Waals surface area contributed by atoms with Gasteiger partial charge in [0.25, 0.3) is 0 Å². The molecule has 1 unspecified atom stereocenters. The van der Waals surface area contributed by atoms with E-state index in [1.54, 1.807) is 0 Å². The second-order valence-corrected chi connectivity index (χ2v) is 7.24. The van der Waals surface area contributed by atoms with Gasteiger partial charge in [0.15, 0.2) is 0 Å². The monoisotopic (exact) mass is 373 g/mol. The topological polar surface area (TPSA) is 41.3 Å². The van der Waals surface area contributed by atoms with Crippen LogP contribution >= 0.6 is 0 Å². The van der Waals surface area contributed by atoms with Crippen LogP contribution < -0.4 is 16.0 Å². The lowest BCUT2D eigenvalue weighted by molar-refractivity contribution is 0.956. The lowest BCUT2D eigenvalue weighted by Gasteiger charge is -2.15. The maximum Gasteiger partial charge on any atom is 0.0617 e. The molecule has 1 atom stereocenters. The number of allylic oxidation sites excluding steroid dienone is 5. The van der Waals surface area contributed by atoms with Gasteiger partial charge < -0.3 is 16.0 Å². The van der Waals surface area contributed by atoms with Crippen LogP contribution in [0.15, 0.2) is 91.2 Å². The maximum absolute atomic E-state index is 5.95. The van der Waals surface area contributed by atoms with Gasteiger partial charge in [-0.2, -0.15) is 0 Å². The molecule has 2 aromatic rings. The van der Waals surface area contributed by atoms with Crippen LogP contribution in [0, 0.1) is 5.92 Å². The highest BCUT2D eigenvalue weighted by atomic mass is 15.1. The van der Waals surface area contributed by atoms with Gasteiger partial charge in [0, 0.05) is 25.5 Å². The van der Waals surface area contributed by atoms with E-state index in [0.29, 0.717) is 5.69 Å². The van der Waals surface area contributed by atoms with Crippen LogP contribution in [0.2, 0.25) is 0 Å². The summed E-state index contributed by atoms with van der Waals surface area (Å²) in [7, 11) is 4.08. The Bertz CT molecular complexity index is 886. The van der Waals surface area contributed by atoms with E-state index in [-0.39, 0.29) is 5.92 Å². The van der Waals surface area contributed by atoms with Crippen molar-refractivity contribution in [2.24, 2.45) is 5.92 Å². The van der Waals surface area contributed by atoms with Gasteiger partial charge in [0.2, 0.25) is 0 Å². The summed E-state index contributed by atoms with van der Waals surface area (Å²) < 4.78 is 0. The summed E-state index contributed by atoms with van der Waals surface area (Å²) in [5, 5.41) is 3.23. The minimum absolute atomic E-state index is 0.237. The quantitative estimate of drug-likeness (QED) is 0.433. The first kappa shape index (κ1) is 21.1. The van der Waals surface area contributed by atoms with Crippen LogP contribution in [0.3, 0.4) is 0 Å². The Morgan fingerprint density at radius 1 is 1.04 bits per heavy atom. The van der Waals surface area contributed by atoms with E-state index in [1.807, 2.05) is 50.5 Å². The van der Waals surface area contributed by atoms with E-state index in [0.717, 1.165) is 28.1 Å². The van der Waals surface area contributed by atoms with E-state index in [2.05, 4.69) is 67.6 Å². The maximum atomic E-state index is 5.95. The molecule has 3 N–H and O–H groups in total.